The number of imidazole rings is 1. The summed E-state index contributed by atoms with van der Waals surface area (Å²) in [5.74, 6) is 0.241. The van der Waals surface area contributed by atoms with Crippen LogP contribution in [0.1, 0.15) is 60.8 Å². The van der Waals surface area contributed by atoms with Gasteiger partial charge in [-0.05, 0) is 61.0 Å². The average molecular weight is 613 g/mol. The number of ether oxygens (including phenoxy) is 2. The number of hydrogen-bond acceptors (Lipinski definition) is 7. The third-order valence-electron chi connectivity index (χ3n) is 7.37. The highest BCUT2D eigenvalue weighted by atomic mass is 16.5. The third-order valence-corrected chi connectivity index (χ3v) is 7.37. The van der Waals surface area contributed by atoms with Crippen molar-refractivity contribution in [1.82, 2.24) is 9.55 Å². The van der Waals surface area contributed by atoms with Gasteiger partial charge in [0.05, 0.1) is 37.7 Å². The van der Waals surface area contributed by atoms with Gasteiger partial charge >= 0.3 is 12.1 Å². The number of nitrogens with one attached hydrogen (secondary N) is 1. The molecule has 0 saturated heterocycles. The molecule has 3 aromatic carbocycles. The van der Waals surface area contributed by atoms with Crippen molar-refractivity contribution >= 4 is 46.2 Å². The second-order valence-corrected chi connectivity index (χ2v) is 10.5. The van der Waals surface area contributed by atoms with Crippen molar-refractivity contribution < 1.29 is 23.9 Å². The van der Waals surface area contributed by atoms with Gasteiger partial charge in [-0.2, -0.15) is 4.99 Å². The molecule has 1 heterocycles. The van der Waals surface area contributed by atoms with Crippen molar-refractivity contribution in [2.24, 2.45) is 17.8 Å². The fourth-order valence-corrected chi connectivity index (χ4v) is 4.78. The lowest BCUT2D eigenvalue weighted by Gasteiger charge is -2.22. The van der Waals surface area contributed by atoms with Gasteiger partial charge in [0.15, 0.2) is 0 Å². The van der Waals surface area contributed by atoms with Crippen LogP contribution in [0.5, 0.6) is 0 Å². The first kappa shape index (κ1) is 32.7. The zero-order chi connectivity index (χ0) is 32.2. The van der Waals surface area contributed by atoms with E-state index in [0.29, 0.717) is 35.5 Å². The normalized spacial score (nSPS) is 11.3. The van der Waals surface area contributed by atoms with Crippen LogP contribution in [-0.2, 0) is 27.9 Å². The lowest BCUT2D eigenvalue weighted by atomic mass is 10.1. The van der Waals surface area contributed by atoms with Crippen LogP contribution < -0.4 is 16.0 Å². The number of nitrogens with two attached hydrogens (primary N) is 1. The van der Waals surface area contributed by atoms with Crippen LogP contribution in [0.2, 0.25) is 0 Å². The molecule has 2 amide bonds. The Hall–Kier alpha value is -5.19. The number of amides is 2. The smallest absolute Gasteiger partial charge is 0.435 e. The first-order valence-corrected chi connectivity index (χ1v) is 15.0. The van der Waals surface area contributed by atoms with Gasteiger partial charge in [-0.25, -0.2) is 9.78 Å². The zero-order valence-corrected chi connectivity index (χ0v) is 26.0. The van der Waals surface area contributed by atoms with E-state index in [9.17, 15) is 14.4 Å². The van der Waals surface area contributed by atoms with Crippen LogP contribution in [0.15, 0.2) is 77.8 Å². The Morgan fingerprint density at radius 3 is 2.42 bits per heavy atom. The van der Waals surface area contributed by atoms with Gasteiger partial charge < -0.3 is 30.0 Å². The van der Waals surface area contributed by atoms with Crippen LogP contribution in [0, 0.1) is 0 Å². The van der Waals surface area contributed by atoms with Crippen molar-refractivity contribution in [2.75, 3.05) is 30.5 Å². The maximum Gasteiger partial charge on any atom is 0.435 e. The Bertz CT molecular complexity index is 1630. The maximum absolute atomic E-state index is 13.6. The van der Waals surface area contributed by atoms with Crippen molar-refractivity contribution in [3.05, 3.63) is 89.7 Å². The lowest BCUT2D eigenvalue weighted by Crippen LogP contribution is -2.33. The summed E-state index contributed by atoms with van der Waals surface area (Å²) < 4.78 is 11.9. The zero-order valence-electron chi connectivity index (χ0n) is 26.0. The number of anilines is 2. The summed E-state index contributed by atoms with van der Waals surface area (Å²) >= 11 is 0. The second kappa shape index (κ2) is 16.0. The van der Waals surface area contributed by atoms with E-state index >= 15 is 0 Å². The topological polar surface area (TPSA) is 141 Å². The number of para-hydroxylation sites is 1. The molecule has 1 aromatic heterocycles. The van der Waals surface area contributed by atoms with Crippen LogP contribution in [-0.4, -0.2) is 53.6 Å². The minimum absolute atomic E-state index is 0.0743. The molecule has 0 aliphatic heterocycles. The fraction of sp³-hybridized carbons (Fsp3) is 0.324. The van der Waals surface area contributed by atoms with Gasteiger partial charge in [-0.1, -0.05) is 44.4 Å². The predicted octanol–water partition coefficient (Wildman–Crippen LogP) is 5.82. The van der Waals surface area contributed by atoms with E-state index in [2.05, 4.69) is 17.2 Å². The highest BCUT2D eigenvalue weighted by Gasteiger charge is 2.20. The number of methoxy groups -OCH3 is 1. The average Bonchev–Trinajstić information content (AvgIpc) is 3.38. The molecule has 0 spiro atoms. The molecule has 0 bridgehead atoms. The highest BCUT2D eigenvalue weighted by Crippen LogP contribution is 2.22. The monoisotopic (exact) mass is 612 g/mol. The summed E-state index contributed by atoms with van der Waals surface area (Å²) in [4.78, 5) is 47.6. The number of amidine groups is 1. The number of aromatic nitrogens is 2. The molecule has 0 fully saturated rings. The Morgan fingerprint density at radius 1 is 0.978 bits per heavy atom. The molecule has 0 saturated carbocycles. The van der Waals surface area contributed by atoms with Crippen molar-refractivity contribution in [1.29, 1.82) is 0 Å². The minimum Gasteiger partial charge on any atom is -0.469 e. The lowest BCUT2D eigenvalue weighted by molar-refractivity contribution is -0.140. The molecule has 4 rings (SSSR count). The van der Waals surface area contributed by atoms with Crippen LogP contribution in [0.4, 0.5) is 16.2 Å². The molecule has 0 radical (unpaired) electrons. The quantitative estimate of drug-likeness (QED) is 0.0786. The molecule has 0 unspecified atom stereocenters. The number of carbonyl (C=O) groups is 3. The molecule has 0 atom stereocenters. The molecule has 0 aliphatic rings. The Morgan fingerprint density at radius 2 is 1.71 bits per heavy atom. The second-order valence-electron chi connectivity index (χ2n) is 10.5. The third kappa shape index (κ3) is 8.91. The van der Waals surface area contributed by atoms with Gasteiger partial charge in [0.1, 0.15) is 11.7 Å². The first-order chi connectivity index (χ1) is 21.8. The summed E-state index contributed by atoms with van der Waals surface area (Å²) in [5.41, 5.74) is 10.2. The maximum atomic E-state index is 13.6. The van der Waals surface area contributed by atoms with E-state index in [1.54, 1.807) is 29.2 Å². The van der Waals surface area contributed by atoms with E-state index in [1.807, 2.05) is 60.1 Å². The Labute approximate surface area is 263 Å². The first-order valence-electron chi connectivity index (χ1n) is 15.0. The summed E-state index contributed by atoms with van der Waals surface area (Å²) in [6.45, 7) is 3.07. The van der Waals surface area contributed by atoms with Crippen molar-refractivity contribution in [3.63, 3.8) is 0 Å². The van der Waals surface area contributed by atoms with Gasteiger partial charge in [-0.15, -0.1) is 0 Å². The number of hydrogen-bond donors (Lipinski definition) is 2. The molecule has 11 heteroatoms. The van der Waals surface area contributed by atoms with Gasteiger partial charge in [0.2, 0.25) is 0 Å². The van der Waals surface area contributed by atoms with Gasteiger partial charge in [-0.3, -0.25) is 9.59 Å². The number of rotatable bonds is 14. The largest absolute Gasteiger partial charge is 0.469 e. The number of nitrogens with zero attached hydrogens (tertiary/aromatic N) is 4. The number of fused-ring (bicyclic) bond motifs is 1. The van der Waals surface area contributed by atoms with E-state index in [4.69, 9.17) is 20.2 Å². The number of aryl methyl sites for hydroxylation is 1. The van der Waals surface area contributed by atoms with E-state index in [0.717, 1.165) is 42.7 Å². The molecule has 4 aromatic rings. The standard InChI is InChI=1S/C34H40N6O5/c1-4-5-6-10-21-45-34(43)38-32(35)24-13-16-26(17-14-24)36-23-30-37-28-22-25(15-18-29(28)39(30)2)33(42)40(20-19-31(41)44-3)27-11-8-7-9-12-27/h7-9,11-18,22,36H,4-6,10,19-21,23H2,1-3H3,(H2,35,38,43). The van der Waals surface area contributed by atoms with Crippen LogP contribution in [0.25, 0.3) is 11.0 Å². The summed E-state index contributed by atoms with van der Waals surface area (Å²) in [7, 11) is 3.25. The molecule has 11 nitrogen and oxygen atoms in total. The van der Waals surface area contributed by atoms with E-state index < -0.39 is 6.09 Å². The molecular weight excluding hydrogens is 572 g/mol. The number of unbranched alkanes of at least 4 members (excludes halogenated alkanes) is 3. The molecule has 236 valence electrons. The summed E-state index contributed by atoms with van der Waals surface area (Å²) in [6, 6.07) is 21.9. The Kier molecular flexibility index (Phi) is 11.7. The minimum atomic E-state index is -0.688. The number of aliphatic imine (C=N–C) groups is 1. The molecule has 3 N–H and O–H groups in total. The highest BCUT2D eigenvalue weighted by molar-refractivity contribution is 6.08. The molecule has 0 aliphatic carbocycles. The fourth-order valence-electron chi connectivity index (χ4n) is 4.78. The van der Waals surface area contributed by atoms with E-state index in [-0.39, 0.29) is 30.7 Å². The molecular formula is C34H40N6O5. The predicted molar refractivity (Wildman–Crippen MR) is 175 cm³/mol. The summed E-state index contributed by atoms with van der Waals surface area (Å²) in [5, 5.41) is 3.35. The SMILES string of the molecule is CCCCCCOC(=O)N=C(N)c1ccc(NCc2nc3cc(C(=O)N(CCC(=O)OC)c4ccccc4)ccc3n2C)cc1. The molecule has 45 heavy (non-hydrogen) atoms. The number of esters is 1. The van der Waals surface area contributed by atoms with Crippen molar-refractivity contribution in [3.8, 4) is 0 Å². The van der Waals surface area contributed by atoms with Gasteiger partial charge in [0, 0.05) is 36.1 Å². The van der Waals surface area contributed by atoms with Gasteiger partial charge in [0.25, 0.3) is 5.91 Å². The van der Waals surface area contributed by atoms with Crippen LogP contribution in [0.3, 0.4) is 0 Å². The number of benzene rings is 3. The Balaban J connectivity index is 1.41. The number of carbonyl (C=O) groups excluding carboxylic acids is 3. The van der Waals surface area contributed by atoms with Crippen molar-refractivity contribution in [2.45, 2.75) is 45.6 Å². The van der Waals surface area contributed by atoms with Crippen LogP contribution >= 0.6 is 0 Å². The van der Waals surface area contributed by atoms with E-state index in [1.165, 1.54) is 7.11 Å². The summed E-state index contributed by atoms with van der Waals surface area (Å²) in [6.07, 6.45) is 3.43.